The molecule has 0 atom stereocenters. The summed E-state index contributed by atoms with van der Waals surface area (Å²) in [5, 5.41) is 13.1. The van der Waals surface area contributed by atoms with Gasteiger partial charge in [0.05, 0.1) is 15.7 Å². The van der Waals surface area contributed by atoms with Crippen molar-refractivity contribution < 1.29 is 14.1 Å². The van der Waals surface area contributed by atoms with Crippen molar-refractivity contribution in [1.29, 1.82) is 0 Å². The fraction of sp³-hybridized carbons (Fsp3) is 0.0714. The van der Waals surface area contributed by atoms with Gasteiger partial charge in [0.1, 0.15) is 5.82 Å². The Balaban J connectivity index is 1.89. The Labute approximate surface area is 134 Å². The Morgan fingerprint density at radius 1 is 1.27 bits per heavy atom. The van der Waals surface area contributed by atoms with Crippen molar-refractivity contribution in [3.63, 3.8) is 0 Å². The fourth-order valence-corrected chi connectivity index (χ4v) is 2.56. The van der Waals surface area contributed by atoms with E-state index in [0.717, 1.165) is 0 Å². The quantitative estimate of drug-likeness (QED) is 0.505. The molecule has 0 radical (unpaired) electrons. The van der Waals surface area contributed by atoms with Crippen LogP contribution in [0.5, 0.6) is 0 Å². The molecule has 2 aromatic rings. The Morgan fingerprint density at radius 3 is 2.55 bits per heavy atom. The third-order valence-corrected chi connectivity index (χ3v) is 3.91. The van der Waals surface area contributed by atoms with Crippen molar-refractivity contribution in [1.82, 2.24) is 0 Å². The number of hydrogen-bond donors (Lipinski definition) is 1. The van der Waals surface area contributed by atoms with E-state index < -0.39 is 10.7 Å². The van der Waals surface area contributed by atoms with Gasteiger partial charge in [-0.1, -0.05) is 11.6 Å². The summed E-state index contributed by atoms with van der Waals surface area (Å²) in [6.45, 7) is 0. The number of anilines is 1. The first-order valence-electron chi connectivity index (χ1n) is 6.08. The van der Waals surface area contributed by atoms with Crippen LogP contribution in [0, 0.1) is 15.9 Å². The maximum Gasteiger partial charge on any atom is 0.269 e. The van der Waals surface area contributed by atoms with Crippen molar-refractivity contribution in [3.8, 4) is 0 Å². The number of rotatable bonds is 5. The Bertz CT molecular complexity index is 710. The van der Waals surface area contributed by atoms with Crippen LogP contribution in [0.25, 0.3) is 0 Å². The highest BCUT2D eigenvalue weighted by molar-refractivity contribution is 8.00. The van der Waals surface area contributed by atoms with Crippen LogP contribution in [0.3, 0.4) is 0 Å². The predicted molar refractivity (Wildman–Crippen MR) is 83.9 cm³/mol. The van der Waals surface area contributed by atoms with E-state index in [1.807, 2.05) is 0 Å². The first-order valence-corrected chi connectivity index (χ1v) is 7.44. The van der Waals surface area contributed by atoms with Crippen LogP contribution in [0.4, 0.5) is 15.8 Å². The maximum atomic E-state index is 13.0. The lowest BCUT2D eigenvalue weighted by atomic mass is 10.3. The van der Waals surface area contributed by atoms with Crippen LogP contribution in [0.2, 0.25) is 5.02 Å². The molecule has 1 amide bonds. The van der Waals surface area contributed by atoms with Gasteiger partial charge in [-0.05, 0) is 30.3 Å². The fourth-order valence-electron chi connectivity index (χ4n) is 1.58. The molecule has 0 saturated carbocycles. The number of nitrogens with one attached hydrogen (secondary N) is 1. The number of thioether (sulfide) groups is 1. The average Bonchev–Trinajstić information content (AvgIpc) is 2.49. The zero-order valence-corrected chi connectivity index (χ0v) is 12.7. The number of nitrogens with zero attached hydrogens (tertiary/aromatic N) is 1. The van der Waals surface area contributed by atoms with E-state index >= 15 is 0 Å². The number of hydrogen-bond acceptors (Lipinski definition) is 4. The number of nitro groups is 1. The number of carbonyl (C=O) groups is 1. The first kappa shape index (κ1) is 16.3. The Morgan fingerprint density at radius 2 is 1.95 bits per heavy atom. The van der Waals surface area contributed by atoms with E-state index in [2.05, 4.69) is 5.32 Å². The number of non-ortho nitro benzene ring substituents is 1. The van der Waals surface area contributed by atoms with Gasteiger partial charge in [-0.15, -0.1) is 11.8 Å². The molecule has 0 aliphatic carbocycles. The monoisotopic (exact) mass is 340 g/mol. The highest BCUT2D eigenvalue weighted by Crippen LogP contribution is 2.24. The summed E-state index contributed by atoms with van der Waals surface area (Å²) in [6.07, 6.45) is 0. The lowest BCUT2D eigenvalue weighted by Crippen LogP contribution is -2.13. The maximum absolute atomic E-state index is 13.0. The summed E-state index contributed by atoms with van der Waals surface area (Å²) >= 11 is 6.86. The molecule has 0 aliphatic heterocycles. The highest BCUT2D eigenvalue weighted by atomic mass is 35.5. The summed E-state index contributed by atoms with van der Waals surface area (Å²) in [6, 6.07) is 9.74. The lowest BCUT2D eigenvalue weighted by molar-refractivity contribution is -0.384. The van der Waals surface area contributed by atoms with E-state index in [1.54, 1.807) is 0 Å². The van der Waals surface area contributed by atoms with Crippen molar-refractivity contribution >= 4 is 40.6 Å². The van der Waals surface area contributed by atoms with Gasteiger partial charge in [0.25, 0.3) is 5.69 Å². The van der Waals surface area contributed by atoms with Crippen molar-refractivity contribution in [2.45, 2.75) is 4.90 Å². The van der Waals surface area contributed by atoms with Gasteiger partial charge in [0, 0.05) is 22.7 Å². The third kappa shape index (κ3) is 4.44. The number of amides is 1. The molecule has 0 spiro atoms. The second-order valence-corrected chi connectivity index (χ2v) is 5.67. The van der Waals surface area contributed by atoms with Gasteiger partial charge in [0.15, 0.2) is 0 Å². The molecule has 2 rings (SSSR count). The predicted octanol–water partition coefficient (Wildman–Crippen LogP) is 4.12. The summed E-state index contributed by atoms with van der Waals surface area (Å²) in [5.41, 5.74) is 0.418. The molecule has 8 heteroatoms. The molecule has 0 saturated heterocycles. The summed E-state index contributed by atoms with van der Waals surface area (Å²) in [5.74, 6) is -0.681. The minimum Gasteiger partial charge on any atom is -0.325 e. The van der Waals surface area contributed by atoms with Crippen molar-refractivity contribution in [2.75, 3.05) is 11.1 Å². The van der Waals surface area contributed by atoms with E-state index in [0.29, 0.717) is 10.6 Å². The Kier molecular flexibility index (Phi) is 5.35. The molecule has 2 aromatic carbocycles. The number of carbonyl (C=O) groups excluding carboxylic acids is 1. The van der Waals surface area contributed by atoms with Crippen LogP contribution in [-0.2, 0) is 4.79 Å². The van der Waals surface area contributed by atoms with Gasteiger partial charge >= 0.3 is 0 Å². The normalized spacial score (nSPS) is 10.3. The van der Waals surface area contributed by atoms with Gasteiger partial charge < -0.3 is 5.32 Å². The van der Waals surface area contributed by atoms with Crippen LogP contribution in [0.15, 0.2) is 47.4 Å². The third-order valence-electron chi connectivity index (χ3n) is 2.62. The van der Waals surface area contributed by atoms with Crippen molar-refractivity contribution in [2.24, 2.45) is 0 Å². The molecular formula is C14H10ClFN2O3S. The van der Waals surface area contributed by atoms with Gasteiger partial charge in [0.2, 0.25) is 5.91 Å². The van der Waals surface area contributed by atoms with Crippen molar-refractivity contribution in [3.05, 3.63) is 63.4 Å². The number of benzene rings is 2. The second kappa shape index (κ2) is 7.24. The minimum absolute atomic E-state index is 0.000720. The molecule has 0 bridgehead atoms. The molecule has 0 aliphatic rings. The van der Waals surface area contributed by atoms with E-state index in [-0.39, 0.29) is 22.4 Å². The lowest BCUT2D eigenvalue weighted by Gasteiger charge is -2.05. The SMILES string of the molecule is O=C(CSc1ccc(F)c(Cl)c1)Nc1ccc([N+](=O)[O-])cc1. The van der Waals surface area contributed by atoms with Crippen LogP contribution in [0.1, 0.15) is 0 Å². The smallest absolute Gasteiger partial charge is 0.269 e. The largest absolute Gasteiger partial charge is 0.325 e. The molecule has 1 N–H and O–H groups in total. The number of nitro benzene ring substituents is 1. The molecule has 0 heterocycles. The minimum atomic E-state index is -0.514. The van der Waals surface area contributed by atoms with E-state index in [4.69, 9.17) is 11.6 Å². The average molecular weight is 341 g/mol. The molecule has 114 valence electrons. The Hall–Kier alpha value is -2.12. The number of halogens is 2. The summed E-state index contributed by atoms with van der Waals surface area (Å²) in [7, 11) is 0. The first-order chi connectivity index (χ1) is 10.5. The second-order valence-electron chi connectivity index (χ2n) is 4.22. The molecular weight excluding hydrogens is 331 g/mol. The van der Waals surface area contributed by atoms with Crippen LogP contribution < -0.4 is 5.32 Å². The molecule has 22 heavy (non-hydrogen) atoms. The van der Waals surface area contributed by atoms with E-state index in [1.165, 1.54) is 54.2 Å². The van der Waals surface area contributed by atoms with Crippen LogP contribution >= 0.6 is 23.4 Å². The standard InChI is InChI=1S/C14H10ClFN2O3S/c15-12-7-11(5-6-13(12)16)22-8-14(19)17-9-1-3-10(4-2-9)18(20)21/h1-7H,8H2,(H,17,19). The zero-order chi connectivity index (χ0) is 16.1. The summed E-state index contributed by atoms with van der Waals surface area (Å²) in [4.78, 5) is 22.5. The van der Waals surface area contributed by atoms with Crippen LogP contribution in [-0.4, -0.2) is 16.6 Å². The van der Waals surface area contributed by atoms with Gasteiger partial charge in [-0.25, -0.2) is 4.39 Å². The molecule has 0 fully saturated rings. The molecule has 0 unspecified atom stereocenters. The molecule has 0 aromatic heterocycles. The summed E-state index contributed by atoms with van der Waals surface area (Å²) < 4.78 is 13.0. The highest BCUT2D eigenvalue weighted by Gasteiger charge is 2.08. The van der Waals surface area contributed by atoms with Gasteiger partial charge in [-0.2, -0.15) is 0 Å². The topological polar surface area (TPSA) is 72.2 Å². The van der Waals surface area contributed by atoms with Gasteiger partial charge in [-0.3, -0.25) is 14.9 Å². The van der Waals surface area contributed by atoms with E-state index in [9.17, 15) is 19.3 Å². The molecule has 5 nitrogen and oxygen atoms in total. The zero-order valence-electron chi connectivity index (χ0n) is 11.1.